The molecule has 1 atom stereocenters. The number of nitrogens with zero attached hydrogens (tertiary/aromatic N) is 2. The molecule has 1 unspecified atom stereocenters. The number of hydrogen-bond acceptors (Lipinski definition) is 3. The van der Waals surface area contributed by atoms with Gasteiger partial charge in [0.1, 0.15) is 0 Å². The quantitative estimate of drug-likeness (QED) is 0.828. The van der Waals surface area contributed by atoms with Crippen LogP contribution in [0.15, 0.2) is 30.3 Å². The molecule has 1 aliphatic heterocycles. The summed E-state index contributed by atoms with van der Waals surface area (Å²) in [6, 6.07) is 9.42. The van der Waals surface area contributed by atoms with Gasteiger partial charge in [0.15, 0.2) is 0 Å². The van der Waals surface area contributed by atoms with Crippen molar-refractivity contribution in [2.75, 3.05) is 27.2 Å². The van der Waals surface area contributed by atoms with E-state index in [0.717, 1.165) is 5.56 Å². The van der Waals surface area contributed by atoms with Gasteiger partial charge in [0.2, 0.25) is 5.91 Å². The molecule has 0 spiro atoms. The number of likely N-dealkylation sites (tertiary alicyclic amines) is 1. The van der Waals surface area contributed by atoms with Crippen LogP contribution in [0.25, 0.3) is 0 Å². The molecule has 0 radical (unpaired) electrons. The zero-order valence-corrected chi connectivity index (χ0v) is 13.1. The lowest BCUT2D eigenvalue weighted by atomic mass is 10.1. The molecule has 0 aromatic heterocycles. The molecule has 2 rings (SSSR count). The second-order valence-electron chi connectivity index (χ2n) is 5.44. The topological polar surface area (TPSA) is 69.7 Å². The number of rotatable bonds is 6. The fourth-order valence-electron chi connectivity index (χ4n) is 2.35. The molecule has 21 heavy (non-hydrogen) atoms. The van der Waals surface area contributed by atoms with Gasteiger partial charge in [-0.05, 0) is 11.5 Å². The minimum Gasteiger partial charge on any atom is -0.345 e. The Bertz CT molecular complexity index is 589. The van der Waals surface area contributed by atoms with Crippen molar-refractivity contribution in [1.29, 1.82) is 0 Å². The molecule has 6 nitrogen and oxygen atoms in total. The third kappa shape index (κ3) is 4.26. The third-order valence-electron chi connectivity index (χ3n) is 3.63. The maximum Gasteiger partial charge on any atom is 0.279 e. The monoisotopic (exact) mass is 311 g/mol. The van der Waals surface area contributed by atoms with Gasteiger partial charge in [-0.15, -0.1) is 0 Å². The van der Waals surface area contributed by atoms with E-state index < -0.39 is 10.2 Å². The number of hydrogen-bond donors (Lipinski definition) is 1. The first-order chi connectivity index (χ1) is 9.88. The summed E-state index contributed by atoms with van der Waals surface area (Å²) in [5.41, 5.74) is 0.932. The standard InChI is InChI=1S/C14H21N3O3S/c1-16-10-13(8-14(16)18)9-15-21(19,20)17(2)11-12-6-4-3-5-7-12/h3-7,13,15H,8-11H2,1-2H3. The SMILES string of the molecule is CN1CC(CNS(=O)(=O)N(C)Cc2ccccc2)CC1=O. The van der Waals surface area contributed by atoms with Crippen molar-refractivity contribution in [3.8, 4) is 0 Å². The first kappa shape index (κ1) is 15.9. The van der Waals surface area contributed by atoms with Gasteiger partial charge in [-0.25, -0.2) is 4.72 Å². The number of nitrogens with one attached hydrogen (secondary N) is 1. The van der Waals surface area contributed by atoms with E-state index in [-0.39, 0.29) is 18.4 Å². The zero-order valence-electron chi connectivity index (χ0n) is 12.3. The first-order valence-electron chi connectivity index (χ1n) is 6.87. The van der Waals surface area contributed by atoms with E-state index in [0.29, 0.717) is 19.5 Å². The Kier molecular flexibility index (Phi) is 4.97. The van der Waals surface area contributed by atoms with E-state index >= 15 is 0 Å². The van der Waals surface area contributed by atoms with Gasteiger partial charge >= 0.3 is 0 Å². The maximum absolute atomic E-state index is 12.2. The van der Waals surface area contributed by atoms with Crippen LogP contribution in [-0.4, -0.2) is 50.7 Å². The van der Waals surface area contributed by atoms with Crippen LogP contribution in [0.4, 0.5) is 0 Å². The van der Waals surface area contributed by atoms with Crippen LogP contribution in [0, 0.1) is 5.92 Å². The smallest absolute Gasteiger partial charge is 0.279 e. The molecule has 1 amide bonds. The molecule has 0 bridgehead atoms. The van der Waals surface area contributed by atoms with Crippen molar-refractivity contribution in [2.45, 2.75) is 13.0 Å². The average Bonchev–Trinajstić information content (AvgIpc) is 2.77. The van der Waals surface area contributed by atoms with Gasteiger partial charge in [0.25, 0.3) is 10.2 Å². The lowest BCUT2D eigenvalue weighted by molar-refractivity contribution is -0.126. The van der Waals surface area contributed by atoms with Crippen molar-refractivity contribution in [1.82, 2.24) is 13.9 Å². The largest absolute Gasteiger partial charge is 0.345 e. The minimum absolute atomic E-state index is 0.0439. The first-order valence-corrected chi connectivity index (χ1v) is 8.31. The van der Waals surface area contributed by atoms with Gasteiger partial charge in [0.05, 0.1) is 0 Å². The van der Waals surface area contributed by atoms with E-state index in [1.54, 1.807) is 19.0 Å². The fourth-order valence-corrected chi connectivity index (χ4v) is 3.34. The Hall–Kier alpha value is -1.44. The number of benzene rings is 1. The normalized spacial score (nSPS) is 19.5. The summed E-state index contributed by atoms with van der Waals surface area (Å²) in [6.45, 7) is 1.21. The summed E-state index contributed by atoms with van der Waals surface area (Å²) in [4.78, 5) is 13.1. The van der Waals surface area contributed by atoms with Gasteiger partial charge in [-0.1, -0.05) is 30.3 Å². The third-order valence-corrected chi connectivity index (χ3v) is 5.12. The Morgan fingerprint density at radius 2 is 2.00 bits per heavy atom. The molecule has 1 aromatic carbocycles. The summed E-state index contributed by atoms with van der Waals surface area (Å²) >= 11 is 0. The molecule has 1 heterocycles. The van der Waals surface area contributed by atoms with Crippen molar-refractivity contribution < 1.29 is 13.2 Å². The van der Waals surface area contributed by atoms with Crippen LogP contribution >= 0.6 is 0 Å². The molecular formula is C14H21N3O3S. The van der Waals surface area contributed by atoms with Crippen molar-refractivity contribution in [3.05, 3.63) is 35.9 Å². The van der Waals surface area contributed by atoms with E-state index in [4.69, 9.17) is 0 Å². The second-order valence-corrected chi connectivity index (χ2v) is 7.30. The van der Waals surface area contributed by atoms with Crippen LogP contribution in [0.2, 0.25) is 0 Å². The van der Waals surface area contributed by atoms with Crippen LogP contribution in [0.1, 0.15) is 12.0 Å². The van der Waals surface area contributed by atoms with Gasteiger partial charge in [0, 0.05) is 40.2 Å². The van der Waals surface area contributed by atoms with E-state index in [2.05, 4.69) is 4.72 Å². The van der Waals surface area contributed by atoms with Gasteiger partial charge in [-0.3, -0.25) is 4.79 Å². The van der Waals surface area contributed by atoms with Gasteiger partial charge in [-0.2, -0.15) is 12.7 Å². The van der Waals surface area contributed by atoms with Crippen molar-refractivity contribution >= 4 is 16.1 Å². The van der Waals surface area contributed by atoms with E-state index in [1.807, 2.05) is 30.3 Å². The molecule has 1 aromatic rings. The highest BCUT2D eigenvalue weighted by atomic mass is 32.2. The molecule has 0 aliphatic carbocycles. The van der Waals surface area contributed by atoms with Crippen molar-refractivity contribution in [2.24, 2.45) is 5.92 Å². The average molecular weight is 311 g/mol. The summed E-state index contributed by atoms with van der Waals surface area (Å²) in [5.74, 6) is 0.110. The Labute approximate surface area is 125 Å². The summed E-state index contributed by atoms with van der Waals surface area (Å²) in [7, 11) is -0.250. The molecule has 116 valence electrons. The highest BCUT2D eigenvalue weighted by Crippen LogP contribution is 2.15. The zero-order chi connectivity index (χ0) is 15.5. The summed E-state index contributed by atoms with van der Waals surface area (Å²) in [6.07, 6.45) is 0.404. The number of carbonyl (C=O) groups is 1. The number of carbonyl (C=O) groups excluding carboxylic acids is 1. The lowest BCUT2D eigenvalue weighted by Gasteiger charge is -2.19. The maximum atomic E-state index is 12.2. The Morgan fingerprint density at radius 1 is 1.33 bits per heavy atom. The highest BCUT2D eigenvalue weighted by Gasteiger charge is 2.28. The molecule has 7 heteroatoms. The van der Waals surface area contributed by atoms with Crippen molar-refractivity contribution in [3.63, 3.8) is 0 Å². The van der Waals surface area contributed by atoms with Crippen LogP contribution in [-0.2, 0) is 21.5 Å². The van der Waals surface area contributed by atoms with Crippen LogP contribution in [0.5, 0.6) is 0 Å². The Morgan fingerprint density at radius 3 is 2.57 bits per heavy atom. The predicted octanol–water partition coefficient (Wildman–Crippen LogP) is 0.431. The molecule has 1 saturated heterocycles. The summed E-state index contributed by atoms with van der Waals surface area (Å²) < 4.78 is 28.2. The summed E-state index contributed by atoms with van der Waals surface area (Å²) in [5, 5.41) is 0. The fraction of sp³-hybridized carbons (Fsp3) is 0.500. The minimum atomic E-state index is -3.53. The molecule has 1 aliphatic rings. The molecular weight excluding hydrogens is 290 g/mol. The van der Waals surface area contributed by atoms with E-state index in [1.165, 1.54) is 4.31 Å². The highest BCUT2D eigenvalue weighted by molar-refractivity contribution is 7.87. The van der Waals surface area contributed by atoms with Gasteiger partial charge < -0.3 is 4.90 Å². The van der Waals surface area contributed by atoms with Crippen LogP contribution < -0.4 is 4.72 Å². The Balaban J connectivity index is 1.88. The predicted molar refractivity (Wildman–Crippen MR) is 80.6 cm³/mol. The molecule has 1 fully saturated rings. The van der Waals surface area contributed by atoms with Crippen LogP contribution in [0.3, 0.4) is 0 Å². The lowest BCUT2D eigenvalue weighted by Crippen LogP contribution is -2.40. The van der Waals surface area contributed by atoms with E-state index in [9.17, 15) is 13.2 Å². The second kappa shape index (κ2) is 6.55. The molecule has 1 N–H and O–H groups in total. The molecule has 0 saturated carbocycles. The number of amides is 1.